The van der Waals surface area contributed by atoms with Crippen molar-refractivity contribution in [2.75, 3.05) is 45.7 Å². The topological polar surface area (TPSA) is 388 Å². The minimum Gasteiger partial charge on any atom is -0.506 e. The summed E-state index contributed by atoms with van der Waals surface area (Å²) in [4.78, 5) is 137. The molecule has 27 nitrogen and oxygen atoms in total. The van der Waals surface area contributed by atoms with Gasteiger partial charge in [0.2, 0.25) is 11.8 Å². The number of benzene rings is 1. The van der Waals surface area contributed by atoms with Crippen LogP contribution in [0.5, 0.6) is 5.75 Å². The van der Waals surface area contributed by atoms with Crippen molar-refractivity contribution >= 4 is 84.0 Å². The maximum Gasteiger partial charge on any atom is 0.373 e. The van der Waals surface area contributed by atoms with Gasteiger partial charge in [0, 0.05) is 81.0 Å². The van der Waals surface area contributed by atoms with Gasteiger partial charge in [0.25, 0.3) is 17.7 Å². The molecule has 29 heteroatoms. The van der Waals surface area contributed by atoms with Crippen LogP contribution in [0, 0.1) is 17.8 Å². The summed E-state index contributed by atoms with van der Waals surface area (Å²) in [6, 6.07) is 3.61. The van der Waals surface area contributed by atoms with Crippen molar-refractivity contribution in [1.29, 1.82) is 0 Å². The lowest BCUT2D eigenvalue weighted by Gasteiger charge is -2.37. The van der Waals surface area contributed by atoms with Crippen molar-refractivity contribution < 1.29 is 82.1 Å². The van der Waals surface area contributed by atoms with Gasteiger partial charge < -0.3 is 40.3 Å². The highest BCUT2D eigenvalue weighted by molar-refractivity contribution is 7.57. The van der Waals surface area contributed by atoms with Gasteiger partial charge in [0.05, 0.1) is 31.4 Å². The number of phenols is 1. The van der Waals surface area contributed by atoms with E-state index in [1.165, 1.54) is 13.0 Å². The molecule has 1 aromatic heterocycles. The zero-order valence-electron chi connectivity index (χ0n) is 46.8. The number of Topliss-reactive ketones (excluding diaryl/α,β-unsaturated/α-hetero) is 1. The van der Waals surface area contributed by atoms with E-state index in [0.29, 0.717) is 60.6 Å². The van der Waals surface area contributed by atoms with E-state index < -0.39 is 73.2 Å². The first-order chi connectivity index (χ1) is 38.3. The Labute approximate surface area is 474 Å². The number of likely N-dealkylation sites (tertiary alicyclic amines) is 1. The molecule has 5 amide bonds. The highest BCUT2D eigenvalue weighted by Crippen LogP contribution is 2.34. The second-order valence-electron chi connectivity index (χ2n) is 19.4. The molecule has 448 valence electrons. The number of carbonyl (C=O) groups excluding carboxylic acids is 9. The molecule has 6 atom stereocenters. The largest absolute Gasteiger partial charge is 0.506 e. The Morgan fingerprint density at radius 3 is 2.14 bits per heavy atom. The Kier molecular flexibility index (Phi) is 31.4. The Balaban J connectivity index is 0.00000730. The number of amides is 5. The van der Waals surface area contributed by atoms with Crippen LogP contribution in [0.3, 0.4) is 0 Å². The summed E-state index contributed by atoms with van der Waals surface area (Å²) in [7, 11) is -0.449. The molecule has 3 rings (SSSR count). The first-order valence-corrected chi connectivity index (χ1v) is 28.8. The second-order valence-corrected chi connectivity index (χ2v) is 22.3. The van der Waals surface area contributed by atoms with Crippen LogP contribution in [0.15, 0.2) is 47.9 Å². The Morgan fingerprint density at radius 2 is 1.58 bits per heavy atom. The van der Waals surface area contributed by atoms with E-state index in [-0.39, 0.29) is 91.9 Å². The predicted molar refractivity (Wildman–Crippen MR) is 294 cm³/mol. The van der Waals surface area contributed by atoms with Gasteiger partial charge in [-0.3, -0.25) is 53.9 Å². The number of nitrogens with one attached hydrogen (secondary N) is 7. The number of hydrogen-bond donors (Lipinski definition) is 10. The van der Waals surface area contributed by atoms with Gasteiger partial charge in [-0.1, -0.05) is 59.9 Å². The number of nitrogens with zero attached hydrogens (tertiary/aromatic N) is 3. The molecule has 0 saturated carbocycles. The van der Waals surface area contributed by atoms with Crippen LogP contribution in [0.2, 0.25) is 0 Å². The smallest absolute Gasteiger partial charge is 0.373 e. The highest BCUT2D eigenvalue weighted by atomic mass is 32.1. The number of aromatic hydroxyl groups is 1. The van der Waals surface area contributed by atoms with Crippen LogP contribution in [0.25, 0.3) is 0 Å². The van der Waals surface area contributed by atoms with Gasteiger partial charge in [-0.15, -0.1) is 11.3 Å². The number of aliphatic carboxylic acids is 2. The number of ether oxygens (including phenoxy) is 2. The molecule has 0 radical (unpaired) electrons. The van der Waals surface area contributed by atoms with E-state index in [1.807, 2.05) is 52.5 Å². The minimum atomic E-state index is -4.14. The molecule has 2 heterocycles. The lowest BCUT2D eigenvalue weighted by molar-refractivity contribution is -0.192. The number of carboxylic acid groups (broad SMARTS) is 2. The average molecular weight is 1180 g/mol. The lowest BCUT2D eigenvalue weighted by Crippen LogP contribution is -2.48. The van der Waals surface area contributed by atoms with E-state index in [9.17, 15) is 52.8 Å². The van der Waals surface area contributed by atoms with Crippen LogP contribution in [-0.2, 0) is 68.4 Å². The summed E-state index contributed by atoms with van der Waals surface area (Å²) < 4.78 is 24.6. The number of hydrogen-bond acceptors (Lipinski definition) is 18. The molecule has 2 aromatic rings. The summed E-state index contributed by atoms with van der Waals surface area (Å²) in [6.45, 7) is 11.5. The van der Waals surface area contributed by atoms with Crippen molar-refractivity contribution in [3.63, 3.8) is 0 Å². The van der Waals surface area contributed by atoms with Crippen molar-refractivity contribution in [2.45, 2.75) is 130 Å². The molecule has 1 saturated heterocycles. The minimum absolute atomic E-state index is 0.0507. The zero-order chi connectivity index (χ0) is 60.8. The van der Waals surface area contributed by atoms with E-state index >= 15 is 0 Å². The fraction of sp³-hybridized carbons (Fsp3) is 0.558. The lowest BCUT2D eigenvalue weighted by atomic mass is 9.83. The van der Waals surface area contributed by atoms with Crippen LogP contribution < -0.4 is 37.0 Å². The van der Waals surface area contributed by atoms with E-state index in [0.717, 1.165) is 37.1 Å². The Bertz CT molecular complexity index is 2560. The Hall–Kier alpha value is -7.03. The number of anilines is 1. The van der Waals surface area contributed by atoms with Crippen molar-refractivity contribution in [3.05, 3.63) is 64.1 Å². The number of aromatic nitrogens is 1. The van der Waals surface area contributed by atoms with Crippen LogP contribution in [0.4, 0.5) is 5.69 Å². The SMILES string of the molecule is CCC[C@H](Cc1ccc(O)c(NC(=O)CCOCCNP(=O)(NNC(=O)/C=C\C(=O)O)NNC(=O)/C=C\C(=O)O)c1)NC(=O)c1csc([C@@H](C[C@H](C(C)C)N(C)C(=O)[C@@H](CC(=O)[C@H]2CCCCN2C)[C@@H](C)CC)OC(C)=O)n1.O=C=O. The van der Waals surface area contributed by atoms with Crippen molar-refractivity contribution in [1.82, 2.24) is 46.4 Å². The molecule has 1 aliphatic heterocycles. The fourth-order valence-electron chi connectivity index (χ4n) is 8.55. The number of hydrazine groups is 2. The zero-order valence-corrected chi connectivity index (χ0v) is 48.5. The monoisotopic (exact) mass is 1180 g/mol. The molecular weight excluding hydrogens is 1100 g/mol. The molecule has 10 N–H and O–H groups in total. The molecule has 0 bridgehead atoms. The number of carboxylic acids is 2. The molecular formula is C52H77N10O17PS. The first kappa shape index (κ1) is 70.1. The fourth-order valence-corrected chi connectivity index (χ4v) is 10.5. The summed E-state index contributed by atoms with van der Waals surface area (Å²) in [6.07, 6.45) is 6.87. The van der Waals surface area contributed by atoms with Crippen LogP contribution >= 0.6 is 18.9 Å². The number of likely N-dealkylation sites (N-methyl/N-ethyl adjacent to an activating group) is 1. The maximum absolute atomic E-state index is 14.4. The summed E-state index contributed by atoms with van der Waals surface area (Å²) >= 11 is 1.16. The quantitative estimate of drug-likeness (QED) is 0.0120. The number of ketones is 1. The maximum atomic E-state index is 14.4. The number of rotatable bonds is 34. The van der Waals surface area contributed by atoms with Gasteiger partial charge >= 0.3 is 31.7 Å². The molecule has 0 aliphatic carbocycles. The predicted octanol–water partition coefficient (Wildman–Crippen LogP) is 3.56. The number of esters is 1. The molecule has 1 aromatic carbocycles. The number of piperidine rings is 1. The normalized spacial score (nSPS) is 15.4. The van der Waals surface area contributed by atoms with Gasteiger partial charge in [0.15, 0.2) is 11.9 Å². The van der Waals surface area contributed by atoms with E-state index in [2.05, 4.69) is 36.0 Å². The number of carbonyl (C=O) groups is 9. The third-order valence-corrected chi connectivity index (χ3v) is 15.4. The summed E-state index contributed by atoms with van der Waals surface area (Å²) in [5, 5.41) is 42.4. The molecule has 0 unspecified atom stereocenters. The number of phenolic OH excluding ortho intramolecular Hbond substituents is 1. The molecule has 1 aliphatic rings. The average Bonchev–Trinajstić information content (AvgIpc) is 3.91. The summed E-state index contributed by atoms with van der Waals surface area (Å²) in [5.74, 6) is -7.40. The van der Waals surface area contributed by atoms with Crippen LogP contribution in [0.1, 0.15) is 126 Å². The highest BCUT2D eigenvalue weighted by Gasteiger charge is 2.38. The van der Waals surface area contributed by atoms with E-state index in [4.69, 9.17) is 29.3 Å². The van der Waals surface area contributed by atoms with Crippen molar-refractivity contribution in [3.8, 4) is 5.75 Å². The van der Waals surface area contributed by atoms with Crippen molar-refractivity contribution in [2.24, 2.45) is 17.8 Å². The van der Waals surface area contributed by atoms with Crippen LogP contribution in [-0.4, -0.2) is 148 Å². The van der Waals surface area contributed by atoms with Gasteiger partial charge in [0.1, 0.15) is 16.5 Å². The number of thiazole rings is 1. The third-order valence-electron chi connectivity index (χ3n) is 12.9. The van der Waals surface area contributed by atoms with Gasteiger partial charge in [-0.25, -0.2) is 19.7 Å². The van der Waals surface area contributed by atoms with E-state index in [1.54, 1.807) is 29.5 Å². The molecule has 81 heavy (non-hydrogen) atoms. The second kappa shape index (κ2) is 36.3. The Morgan fingerprint density at radius 1 is 0.951 bits per heavy atom. The molecule has 0 spiro atoms. The molecule has 1 fully saturated rings. The van der Waals surface area contributed by atoms with Gasteiger partial charge in [-0.05, 0) is 68.8 Å². The first-order valence-electron chi connectivity index (χ1n) is 26.2. The third kappa shape index (κ3) is 26.0. The summed E-state index contributed by atoms with van der Waals surface area (Å²) in [5.41, 5.74) is 4.81. The van der Waals surface area contributed by atoms with Gasteiger partial charge in [-0.2, -0.15) is 20.0 Å². The standard InChI is InChI=1S/C51H77N10O15PS.CO2/c1-9-13-35(26-34-15-16-41(63)37(27-34)54-44(65)21-24-75-25-22-52-77(74,58-56-45(66)17-19-47(68)69)59-57-46(67)18-20-48(70)71)53-49(72)38-30-78-50(55-38)43(76-33(6)62)29-40(31(3)4)61(8)51(73)36(32(5)10-2)28-42(64)39-14-11-12-23-60(39)7;2-1-3/h15-20,27,30-32,35-36,39-40,43,63H,9-14,21-26,28-29H2,1-8H3,(H,53,72)(H,54,65)(H,56,66)(H,57,67)(H,68,69)(H,70,71)(H3,52,58,59,74);/b19-17-,20-18-;/t32-,35+,36-,39+,40+,43+;/m0./s1.